The fourth-order valence-electron chi connectivity index (χ4n) is 3.18. The summed E-state index contributed by atoms with van der Waals surface area (Å²) in [6.07, 6.45) is 1.64. The Morgan fingerprint density at radius 1 is 1.21 bits per heavy atom. The Balaban J connectivity index is 1.57. The maximum atomic E-state index is 12.8. The lowest BCUT2D eigenvalue weighted by molar-refractivity contribution is 0.320. The summed E-state index contributed by atoms with van der Waals surface area (Å²) in [6, 6.07) is 6.57. The third-order valence-corrected chi connectivity index (χ3v) is 7.09. The van der Waals surface area contributed by atoms with Crippen LogP contribution < -0.4 is 5.76 Å². The van der Waals surface area contributed by atoms with Crippen LogP contribution in [-0.4, -0.2) is 30.8 Å². The normalized spacial score (nSPS) is 17.5. The highest BCUT2D eigenvalue weighted by atomic mass is 32.2. The lowest BCUT2D eigenvalue weighted by atomic mass is 9.92. The van der Waals surface area contributed by atoms with E-state index in [1.807, 2.05) is 0 Å². The maximum Gasteiger partial charge on any atom is 0.417 e. The van der Waals surface area contributed by atoms with Gasteiger partial charge in [-0.25, -0.2) is 13.2 Å². The molecule has 1 aliphatic heterocycles. The first kappa shape index (κ1) is 15.6. The van der Waals surface area contributed by atoms with E-state index in [2.05, 4.69) is 21.8 Å². The van der Waals surface area contributed by atoms with Crippen LogP contribution in [0.1, 0.15) is 24.3 Å². The van der Waals surface area contributed by atoms with Crippen LogP contribution >= 0.6 is 11.3 Å². The minimum atomic E-state index is -3.56. The molecule has 0 amide bonds. The SMILES string of the molecule is O=c1[nH]c2cc(S(=O)(=O)N3CCC(c4ccsc4)CC3)ccc2o1. The van der Waals surface area contributed by atoms with Crippen LogP contribution in [0.2, 0.25) is 0 Å². The van der Waals surface area contributed by atoms with E-state index in [0.29, 0.717) is 30.1 Å². The van der Waals surface area contributed by atoms with Crippen LogP contribution in [0.25, 0.3) is 11.1 Å². The van der Waals surface area contributed by atoms with Crippen molar-refractivity contribution in [2.75, 3.05) is 13.1 Å². The summed E-state index contributed by atoms with van der Waals surface area (Å²) in [5.41, 5.74) is 2.05. The van der Waals surface area contributed by atoms with Crippen molar-refractivity contribution in [2.24, 2.45) is 0 Å². The fourth-order valence-corrected chi connectivity index (χ4v) is 5.42. The first-order valence-electron chi connectivity index (χ1n) is 7.69. The number of nitrogens with one attached hydrogen (secondary N) is 1. The van der Waals surface area contributed by atoms with Gasteiger partial charge < -0.3 is 4.42 Å². The number of aromatic amines is 1. The van der Waals surface area contributed by atoms with E-state index in [1.165, 1.54) is 28.1 Å². The highest BCUT2D eigenvalue weighted by Gasteiger charge is 2.30. The molecule has 1 N–H and O–H groups in total. The molecule has 1 aromatic carbocycles. The van der Waals surface area contributed by atoms with E-state index in [4.69, 9.17) is 4.42 Å². The molecule has 0 unspecified atom stereocenters. The number of oxazole rings is 1. The van der Waals surface area contributed by atoms with E-state index in [1.54, 1.807) is 11.3 Å². The summed E-state index contributed by atoms with van der Waals surface area (Å²) in [6.45, 7) is 1.01. The first-order valence-corrected chi connectivity index (χ1v) is 10.1. The molecule has 2 aromatic heterocycles. The fraction of sp³-hybridized carbons (Fsp3) is 0.312. The molecule has 0 bridgehead atoms. The molecule has 1 fully saturated rings. The maximum absolute atomic E-state index is 12.8. The summed E-state index contributed by atoms with van der Waals surface area (Å²) in [7, 11) is -3.56. The molecule has 0 radical (unpaired) electrons. The first-order chi connectivity index (χ1) is 11.5. The number of aromatic nitrogens is 1. The van der Waals surface area contributed by atoms with Crippen LogP contribution in [0.15, 0.2) is 49.1 Å². The van der Waals surface area contributed by atoms with Crippen LogP contribution in [-0.2, 0) is 10.0 Å². The van der Waals surface area contributed by atoms with Crippen molar-refractivity contribution < 1.29 is 12.8 Å². The van der Waals surface area contributed by atoms with Crippen LogP contribution in [0.3, 0.4) is 0 Å². The van der Waals surface area contributed by atoms with Gasteiger partial charge in [-0.3, -0.25) is 4.98 Å². The quantitative estimate of drug-likeness (QED) is 0.774. The molecule has 1 saturated heterocycles. The number of hydrogen-bond acceptors (Lipinski definition) is 5. The Morgan fingerprint density at radius 2 is 2.00 bits per heavy atom. The molecule has 1 aliphatic rings. The number of sulfonamides is 1. The molecule has 0 atom stereocenters. The second kappa shape index (κ2) is 5.87. The summed E-state index contributed by atoms with van der Waals surface area (Å²) in [4.78, 5) is 13.9. The summed E-state index contributed by atoms with van der Waals surface area (Å²) in [5.74, 6) is -0.161. The van der Waals surface area contributed by atoms with Crippen molar-refractivity contribution in [2.45, 2.75) is 23.7 Å². The predicted octanol–water partition coefficient (Wildman–Crippen LogP) is 2.75. The zero-order chi connectivity index (χ0) is 16.7. The molecule has 0 spiro atoms. The molecule has 8 heteroatoms. The molecule has 126 valence electrons. The van der Waals surface area contributed by atoms with Gasteiger partial charge in [0.2, 0.25) is 10.0 Å². The van der Waals surface area contributed by atoms with E-state index < -0.39 is 15.8 Å². The Kier molecular flexibility index (Phi) is 3.82. The standard InChI is InChI=1S/C16H16N2O4S2/c19-16-17-14-9-13(1-2-15(14)22-16)24(20,21)18-6-3-11(4-7-18)12-5-8-23-10-12/h1-2,5,8-11H,3-4,6-7H2,(H,17,19). The number of rotatable bonds is 3. The summed E-state index contributed by atoms with van der Waals surface area (Å²) in [5, 5.41) is 4.19. The van der Waals surface area contributed by atoms with Gasteiger partial charge in [-0.05, 0) is 59.3 Å². The van der Waals surface area contributed by atoms with Gasteiger partial charge in [0.25, 0.3) is 0 Å². The molecule has 0 saturated carbocycles. The Labute approximate surface area is 142 Å². The minimum Gasteiger partial charge on any atom is -0.408 e. The van der Waals surface area contributed by atoms with Crippen LogP contribution in [0.4, 0.5) is 0 Å². The summed E-state index contributed by atoms with van der Waals surface area (Å²) < 4.78 is 32.1. The predicted molar refractivity (Wildman–Crippen MR) is 91.9 cm³/mol. The smallest absolute Gasteiger partial charge is 0.408 e. The molecule has 0 aliphatic carbocycles. The number of piperidine rings is 1. The second-order valence-electron chi connectivity index (χ2n) is 5.91. The summed E-state index contributed by atoms with van der Waals surface area (Å²) >= 11 is 1.67. The van der Waals surface area contributed by atoms with Gasteiger partial charge in [0.1, 0.15) is 0 Å². The van der Waals surface area contributed by atoms with Gasteiger partial charge in [-0.2, -0.15) is 15.6 Å². The monoisotopic (exact) mass is 364 g/mol. The number of fused-ring (bicyclic) bond motifs is 1. The van der Waals surface area contributed by atoms with Crippen molar-refractivity contribution in [3.05, 3.63) is 51.1 Å². The van der Waals surface area contributed by atoms with E-state index in [-0.39, 0.29) is 4.90 Å². The number of thiophene rings is 1. The zero-order valence-electron chi connectivity index (χ0n) is 12.8. The molecule has 4 rings (SSSR count). The number of hydrogen-bond donors (Lipinski definition) is 1. The van der Waals surface area contributed by atoms with Gasteiger partial charge in [0, 0.05) is 13.1 Å². The van der Waals surface area contributed by atoms with Gasteiger partial charge >= 0.3 is 5.76 Å². The lowest BCUT2D eigenvalue weighted by Crippen LogP contribution is -2.37. The number of benzene rings is 1. The zero-order valence-corrected chi connectivity index (χ0v) is 14.4. The van der Waals surface area contributed by atoms with Crippen molar-refractivity contribution in [3.8, 4) is 0 Å². The Hall–Kier alpha value is -1.90. The molecule has 3 aromatic rings. The third-order valence-electron chi connectivity index (χ3n) is 4.50. The van der Waals surface area contributed by atoms with Gasteiger partial charge in [-0.1, -0.05) is 0 Å². The molecular formula is C16H16N2O4S2. The average Bonchev–Trinajstić information content (AvgIpc) is 3.22. The molecule has 3 heterocycles. The average molecular weight is 364 g/mol. The van der Waals surface area contributed by atoms with Crippen molar-refractivity contribution >= 4 is 32.5 Å². The van der Waals surface area contributed by atoms with E-state index in [0.717, 1.165) is 12.8 Å². The van der Waals surface area contributed by atoms with Gasteiger partial charge in [0.15, 0.2) is 5.58 Å². The van der Waals surface area contributed by atoms with E-state index in [9.17, 15) is 13.2 Å². The Bertz CT molecular complexity index is 1010. The lowest BCUT2D eigenvalue weighted by Gasteiger charge is -2.31. The topological polar surface area (TPSA) is 83.4 Å². The largest absolute Gasteiger partial charge is 0.417 e. The molecule has 24 heavy (non-hydrogen) atoms. The number of nitrogens with zero attached hydrogens (tertiary/aromatic N) is 1. The minimum absolute atomic E-state index is 0.182. The van der Waals surface area contributed by atoms with Crippen molar-refractivity contribution in [1.29, 1.82) is 0 Å². The van der Waals surface area contributed by atoms with E-state index >= 15 is 0 Å². The number of H-pyrrole nitrogens is 1. The van der Waals surface area contributed by atoms with Gasteiger partial charge in [0.05, 0.1) is 10.4 Å². The highest BCUT2D eigenvalue weighted by Crippen LogP contribution is 2.32. The van der Waals surface area contributed by atoms with Crippen LogP contribution in [0.5, 0.6) is 0 Å². The Morgan fingerprint density at radius 3 is 2.71 bits per heavy atom. The third kappa shape index (κ3) is 2.70. The van der Waals surface area contributed by atoms with Gasteiger partial charge in [-0.15, -0.1) is 0 Å². The second-order valence-corrected chi connectivity index (χ2v) is 8.63. The molecule has 6 nitrogen and oxygen atoms in total. The van der Waals surface area contributed by atoms with Crippen LogP contribution in [0, 0.1) is 0 Å². The van der Waals surface area contributed by atoms with Crippen molar-refractivity contribution in [1.82, 2.24) is 9.29 Å². The van der Waals surface area contributed by atoms with Crippen molar-refractivity contribution in [3.63, 3.8) is 0 Å². The highest BCUT2D eigenvalue weighted by molar-refractivity contribution is 7.89. The molecular weight excluding hydrogens is 348 g/mol.